The van der Waals surface area contributed by atoms with Crippen molar-refractivity contribution in [3.63, 3.8) is 0 Å². The highest BCUT2D eigenvalue weighted by molar-refractivity contribution is 6.06. The second-order valence-electron chi connectivity index (χ2n) is 18.2. The number of nitrogens with zero attached hydrogens (tertiary/aromatic N) is 7. The minimum atomic E-state index is -0.634. The first-order valence-electron chi connectivity index (χ1n) is 22.9. The van der Waals surface area contributed by atoms with Crippen LogP contribution in [0.1, 0.15) is 77.3 Å². The van der Waals surface area contributed by atoms with Crippen LogP contribution in [0.5, 0.6) is 11.5 Å². The Hall–Kier alpha value is -6.42. The van der Waals surface area contributed by atoms with E-state index in [0.29, 0.717) is 79.4 Å². The van der Waals surface area contributed by atoms with Crippen LogP contribution in [0.3, 0.4) is 0 Å². The molecular formula is C48H56N10O6. The van der Waals surface area contributed by atoms with Crippen LogP contribution in [-0.2, 0) is 16.1 Å². The lowest BCUT2D eigenvalue weighted by Gasteiger charge is -2.42. The molecule has 334 valence electrons. The number of imide groups is 1. The maximum atomic E-state index is 13.7. The van der Waals surface area contributed by atoms with Crippen molar-refractivity contribution in [2.75, 3.05) is 75.7 Å². The molecule has 6 amide bonds. The Balaban J connectivity index is 0.684. The topological polar surface area (TPSA) is 179 Å². The average Bonchev–Trinajstić information content (AvgIpc) is 3.88. The number of anilines is 2. The molecule has 1 aromatic heterocycles. The molecule has 3 aromatic carbocycles. The third-order valence-electron chi connectivity index (χ3n) is 14.3. The van der Waals surface area contributed by atoms with Gasteiger partial charge in [0.05, 0.1) is 6.04 Å². The van der Waals surface area contributed by atoms with Crippen molar-refractivity contribution < 1.29 is 28.7 Å². The number of nitrogens with one attached hydrogen (secondary N) is 2. The van der Waals surface area contributed by atoms with E-state index in [4.69, 9.17) is 15.6 Å². The fourth-order valence-corrected chi connectivity index (χ4v) is 10.8. The van der Waals surface area contributed by atoms with Crippen LogP contribution in [0.25, 0.3) is 11.3 Å². The monoisotopic (exact) mass is 868 g/mol. The van der Waals surface area contributed by atoms with Gasteiger partial charge in [-0.2, -0.15) is 5.10 Å². The molecule has 4 aromatic rings. The lowest BCUT2D eigenvalue weighted by atomic mass is 9.86. The Morgan fingerprint density at radius 1 is 0.781 bits per heavy atom. The Kier molecular flexibility index (Phi) is 11.5. The quantitative estimate of drug-likeness (QED) is 0.196. The molecule has 4 saturated heterocycles. The van der Waals surface area contributed by atoms with E-state index < -0.39 is 17.9 Å². The lowest BCUT2D eigenvalue weighted by Crippen LogP contribution is -2.54. The van der Waals surface area contributed by atoms with Gasteiger partial charge >= 0.3 is 6.03 Å². The third kappa shape index (κ3) is 8.26. The minimum Gasteiger partial charge on any atom is -0.457 e. The standard InChI is InChI=1S/C48H56N10O6/c49-44(60)42-43(33-6-9-37(10-7-33)64-36-4-2-1-3-5-36)52-58-39(14-19-50-45(42)58)32-17-20-53(21-18-32)29-31-15-22-55(23-16-31)48(63)56-26-24-54(25-27-56)35-8-11-38-34(28-35)30-57(47(38)62)40-12-13-41(59)51-46(40)61/h1-11,28,31-32,39-40,50H,12-27,29-30H2,(H2,49,60)(H,51,59,61). The van der Waals surface area contributed by atoms with E-state index in [1.165, 1.54) is 0 Å². The number of carbonyl (C=O) groups excluding carboxylic acids is 5. The number of rotatable bonds is 9. The van der Waals surface area contributed by atoms with Crippen LogP contribution < -0.4 is 26.0 Å². The molecule has 2 unspecified atom stereocenters. The van der Waals surface area contributed by atoms with E-state index in [1.807, 2.05) is 87.3 Å². The summed E-state index contributed by atoms with van der Waals surface area (Å²) in [4.78, 5) is 74.3. The zero-order valence-electron chi connectivity index (χ0n) is 36.1. The predicted molar refractivity (Wildman–Crippen MR) is 240 cm³/mol. The van der Waals surface area contributed by atoms with E-state index in [9.17, 15) is 24.0 Å². The molecule has 16 nitrogen and oxygen atoms in total. The number of piperidine rings is 3. The second-order valence-corrected chi connectivity index (χ2v) is 18.2. The highest BCUT2D eigenvalue weighted by Gasteiger charge is 2.40. The number of hydrogen-bond acceptors (Lipinski definition) is 10. The summed E-state index contributed by atoms with van der Waals surface area (Å²) in [5.41, 5.74) is 10.3. The van der Waals surface area contributed by atoms with Crippen LogP contribution in [0.15, 0.2) is 72.8 Å². The van der Waals surface area contributed by atoms with Gasteiger partial charge in [-0.15, -0.1) is 0 Å². The van der Waals surface area contributed by atoms with Gasteiger partial charge in [0.25, 0.3) is 11.8 Å². The maximum absolute atomic E-state index is 13.7. The summed E-state index contributed by atoms with van der Waals surface area (Å²) in [6.45, 7) is 8.40. The van der Waals surface area contributed by atoms with E-state index in [2.05, 4.69) is 20.4 Å². The smallest absolute Gasteiger partial charge is 0.320 e. The number of nitrogens with two attached hydrogens (primary N) is 1. The third-order valence-corrected chi connectivity index (χ3v) is 14.3. The number of para-hydroxylation sites is 1. The van der Waals surface area contributed by atoms with Crippen molar-refractivity contribution in [1.82, 2.24) is 34.7 Å². The molecule has 6 aliphatic rings. The summed E-state index contributed by atoms with van der Waals surface area (Å²) in [7, 11) is 0. The summed E-state index contributed by atoms with van der Waals surface area (Å²) in [5.74, 6) is 1.79. The van der Waals surface area contributed by atoms with E-state index in [-0.39, 0.29) is 30.3 Å². The number of aromatic nitrogens is 2. The normalized spacial score (nSPS) is 22.2. The number of likely N-dealkylation sites (tertiary alicyclic amines) is 2. The highest BCUT2D eigenvalue weighted by atomic mass is 16.5. The number of urea groups is 1. The number of fused-ring (bicyclic) bond motifs is 2. The van der Waals surface area contributed by atoms with Crippen molar-refractivity contribution in [2.24, 2.45) is 17.6 Å². The van der Waals surface area contributed by atoms with Crippen molar-refractivity contribution >= 4 is 41.2 Å². The van der Waals surface area contributed by atoms with Crippen LogP contribution in [-0.4, -0.2) is 131 Å². The van der Waals surface area contributed by atoms with E-state index in [1.54, 1.807) is 4.90 Å². The van der Waals surface area contributed by atoms with Gasteiger partial charge in [0.15, 0.2) is 0 Å². The molecule has 0 radical (unpaired) electrons. The molecule has 0 aliphatic carbocycles. The second kappa shape index (κ2) is 17.6. The number of hydrogen-bond donors (Lipinski definition) is 3. The van der Waals surface area contributed by atoms with Gasteiger partial charge in [-0.25, -0.2) is 9.48 Å². The van der Waals surface area contributed by atoms with Crippen LogP contribution >= 0.6 is 0 Å². The summed E-state index contributed by atoms with van der Waals surface area (Å²) < 4.78 is 8.03. The maximum Gasteiger partial charge on any atom is 0.320 e. The van der Waals surface area contributed by atoms with Crippen LogP contribution in [0.2, 0.25) is 0 Å². The number of primary amides is 1. The molecule has 4 fully saturated rings. The fourth-order valence-electron chi connectivity index (χ4n) is 10.8. The first-order valence-corrected chi connectivity index (χ1v) is 22.9. The number of ether oxygens (including phenoxy) is 1. The van der Waals surface area contributed by atoms with Crippen molar-refractivity contribution in [3.05, 3.63) is 89.5 Å². The SMILES string of the molecule is NC(=O)c1c(-c2ccc(Oc3ccccc3)cc2)nn2c1NCCC2C1CCN(CC2CCN(C(=O)N3CCN(c4ccc5c(c4)CN(C4CCC(=O)NC4=O)C5=O)CC3)CC2)CC1. The van der Waals surface area contributed by atoms with Crippen molar-refractivity contribution in [2.45, 2.75) is 63.6 Å². The van der Waals surface area contributed by atoms with Gasteiger partial charge in [0.1, 0.15) is 34.6 Å². The number of piperazine rings is 1. The largest absolute Gasteiger partial charge is 0.457 e. The Morgan fingerprint density at radius 3 is 2.22 bits per heavy atom. The van der Waals surface area contributed by atoms with Crippen molar-refractivity contribution in [1.29, 1.82) is 0 Å². The lowest BCUT2D eigenvalue weighted by molar-refractivity contribution is -0.136. The Morgan fingerprint density at radius 2 is 1.50 bits per heavy atom. The zero-order chi connectivity index (χ0) is 43.9. The molecule has 0 spiro atoms. The van der Waals surface area contributed by atoms with E-state index in [0.717, 1.165) is 93.9 Å². The highest BCUT2D eigenvalue weighted by Crippen LogP contribution is 2.41. The first-order chi connectivity index (χ1) is 31.2. The molecule has 7 heterocycles. The van der Waals surface area contributed by atoms with Gasteiger partial charge in [0, 0.05) is 82.1 Å². The fraction of sp³-hybridized carbons (Fsp3) is 0.458. The summed E-state index contributed by atoms with van der Waals surface area (Å²) in [6, 6.07) is 22.8. The molecule has 2 atom stereocenters. The van der Waals surface area contributed by atoms with Gasteiger partial charge in [-0.05, 0) is 124 Å². The molecule has 4 N–H and O–H groups in total. The molecule has 0 bridgehead atoms. The van der Waals surface area contributed by atoms with Gasteiger partial charge in [-0.3, -0.25) is 24.5 Å². The summed E-state index contributed by atoms with van der Waals surface area (Å²) in [5, 5.41) is 10.9. The van der Waals surface area contributed by atoms with Gasteiger partial charge < -0.3 is 40.3 Å². The molecule has 16 heteroatoms. The predicted octanol–water partition coefficient (Wildman–Crippen LogP) is 4.93. The zero-order valence-corrected chi connectivity index (χ0v) is 36.1. The van der Waals surface area contributed by atoms with E-state index >= 15 is 0 Å². The average molecular weight is 869 g/mol. The molecule has 6 aliphatic heterocycles. The van der Waals surface area contributed by atoms with Crippen LogP contribution in [0.4, 0.5) is 16.3 Å². The number of benzene rings is 3. The van der Waals surface area contributed by atoms with Crippen molar-refractivity contribution in [3.8, 4) is 22.8 Å². The van der Waals surface area contributed by atoms with Crippen LogP contribution in [0, 0.1) is 11.8 Å². The number of carbonyl (C=O) groups is 5. The Labute approximate surface area is 372 Å². The van der Waals surface area contributed by atoms with Gasteiger partial charge in [0.2, 0.25) is 11.8 Å². The molecular weight excluding hydrogens is 813 g/mol. The summed E-state index contributed by atoms with van der Waals surface area (Å²) >= 11 is 0. The molecule has 64 heavy (non-hydrogen) atoms. The summed E-state index contributed by atoms with van der Waals surface area (Å²) in [6.07, 6.45) is 5.62. The molecule has 0 saturated carbocycles. The first kappa shape index (κ1) is 41.6. The number of amides is 6. The van der Waals surface area contributed by atoms with Gasteiger partial charge in [-0.1, -0.05) is 18.2 Å². The minimum absolute atomic E-state index is 0.120. The molecule has 10 rings (SSSR count). The Bertz CT molecular complexity index is 2420.